The maximum absolute atomic E-state index is 11.9. The summed E-state index contributed by atoms with van der Waals surface area (Å²) in [4.78, 5) is 13.2. The third-order valence-corrected chi connectivity index (χ3v) is 4.13. The molecule has 0 aliphatic heterocycles. The lowest BCUT2D eigenvalue weighted by atomic mass is 10.2. The van der Waals surface area contributed by atoms with Gasteiger partial charge in [0.05, 0.1) is 19.3 Å². The summed E-state index contributed by atoms with van der Waals surface area (Å²) in [6.07, 6.45) is 1.02. The zero-order chi connectivity index (χ0) is 15.1. The van der Waals surface area contributed by atoms with E-state index in [4.69, 9.17) is 4.74 Å². The average Bonchev–Trinajstić information content (AvgIpc) is 2.95. The fourth-order valence-corrected chi connectivity index (χ4v) is 3.01. The van der Waals surface area contributed by atoms with Crippen LogP contribution in [0, 0.1) is 0 Å². The molecule has 2 N–H and O–H groups in total. The number of rotatable bonds is 7. The van der Waals surface area contributed by atoms with E-state index in [1.165, 1.54) is 10.4 Å². The molecule has 0 aliphatic carbocycles. The second-order valence-electron chi connectivity index (χ2n) is 4.57. The van der Waals surface area contributed by atoms with Crippen LogP contribution in [0.2, 0.25) is 0 Å². The van der Waals surface area contributed by atoms with E-state index < -0.39 is 0 Å². The van der Waals surface area contributed by atoms with E-state index in [0.29, 0.717) is 11.4 Å². The lowest BCUT2D eigenvalue weighted by Crippen LogP contribution is -2.27. The van der Waals surface area contributed by atoms with E-state index in [1.807, 2.05) is 24.3 Å². The Morgan fingerprint density at radius 1 is 1.29 bits per heavy atom. The molecule has 1 heterocycles. The van der Waals surface area contributed by atoms with Gasteiger partial charge in [-0.15, -0.1) is 11.3 Å². The average molecular weight is 304 g/mol. The zero-order valence-electron chi connectivity index (χ0n) is 12.3. The Balaban J connectivity index is 1.82. The molecule has 2 aromatic rings. The predicted molar refractivity (Wildman–Crippen MR) is 87.0 cm³/mol. The number of aryl methyl sites for hydroxylation is 1. The Kier molecular flexibility index (Phi) is 5.78. The summed E-state index contributed by atoms with van der Waals surface area (Å²) in [7, 11) is 1.59. The number of para-hydroxylation sites is 2. The molecule has 5 heteroatoms. The summed E-state index contributed by atoms with van der Waals surface area (Å²) in [5.41, 5.74) is 2.04. The Labute approximate surface area is 129 Å². The van der Waals surface area contributed by atoms with Crippen molar-refractivity contribution in [3.05, 3.63) is 46.2 Å². The molecule has 0 bridgehead atoms. The molecule has 0 aliphatic rings. The van der Waals surface area contributed by atoms with Gasteiger partial charge in [0.2, 0.25) is 5.91 Å². The highest BCUT2D eigenvalue weighted by Crippen LogP contribution is 2.22. The summed E-state index contributed by atoms with van der Waals surface area (Å²) >= 11 is 1.72. The lowest BCUT2D eigenvalue weighted by Gasteiger charge is -2.10. The van der Waals surface area contributed by atoms with E-state index in [9.17, 15) is 4.79 Å². The summed E-state index contributed by atoms with van der Waals surface area (Å²) in [6, 6.07) is 9.52. The number of carbonyl (C=O) groups excluding carboxylic acids is 1. The van der Waals surface area contributed by atoms with Crippen LogP contribution in [0.5, 0.6) is 5.75 Å². The first kappa shape index (κ1) is 15.5. The highest BCUT2D eigenvalue weighted by Gasteiger charge is 2.07. The minimum absolute atomic E-state index is 0.0749. The van der Waals surface area contributed by atoms with Gasteiger partial charge in [-0.1, -0.05) is 19.1 Å². The molecule has 0 atom stereocenters. The van der Waals surface area contributed by atoms with Crippen molar-refractivity contribution in [1.29, 1.82) is 0 Å². The van der Waals surface area contributed by atoms with Gasteiger partial charge in [-0.05, 0) is 35.6 Å². The number of benzene rings is 1. The van der Waals surface area contributed by atoms with Crippen LogP contribution in [0.25, 0.3) is 0 Å². The van der Waals surface area contributed by atoms with Gasteiger partial charge in [-0.25, -0.2) is 0 Å². The van der Waals surface area contributed by atoms with Crippen LogP contribution in [-0.2, 0) is 17.8 Å². The van der Waals surface area contributed by atoms with Gasteiger partial charge in [0.1, 0.15) is 5.75 Å². The number of amides is 1. The number of nitrogens with one attached hydrogen (secondary N) is 2. The van der Waals surface area contributed by atoms with E-state index >= 15 is 0 Å². The van der Waals surface area contributed by atoms with Crippen molar-refractivity contribution in [2.75, 3.05) is 19.0 Å². The third kappa shape index (κ3) is 4.31. The molecule has 21 heavy (non-hydrogen) atoms. The molecular weight excluding hydrogens is 284 g/mol. The van der Waals surface area contributed by atoms with Gasteiger partial charge in [0.15, 0.2) is 0 Å². The van der Waals surface area contributed by atoms with Crippen LogP contribution in [0.4, 0.5) is 5.69 Å². The van der Waals surface area contributed by atoms with Crippen molar-refractivity contribution >= 4 is 22.9 Å². The molecule has 0 radical (unpaired) electrons. The van der Waals surface area contributed by atoms with E-state index in [0.717, 1.165) is 13.0 Å². The van der Waals surface area contributed by atoms with E-state index in [2.05, 4.69) is 29.0 Å². The molecule has 1 amide bonds. The van der Waals surface area contributed by atoms with Crippen LogP contribution in [0.15, 0.2) is 35.7 Å². The Morgan fingerprint density at radius 2 is 2.10 bits per heavy atom. The van der Waals surface area contributed by atoms with Crippen molar-refractivity contribution < 1.29 is 9.53 Å². The summed E-state index contributed by atoms with van der Waals surface area (Å²) in [5, 5.41) is 8.11. The first-order valence-corrected chi connectivity index (χ1v) is 7.81. The van der Waals surface area contributed by atoms with E-state index in [-0.39, 0.29) is 12.5 Å². The van der Waals surface area contributed by atoms with Gasteiger partial charge in [0.25, 0.3) is 0 Å². The molecular formula is C16H20N2O2S. The number of hydrogen-bond donors (Lipinski definition) is 2. The van der Waals surface area contributed by atoms with Gasteiger partial charge in [0, 0.05) is 11.4 Å². The lowest BCUT2D eigenvalue weighted by molar-refractivity contribution is -0.115. The second-order valence-corrected chi connectivity index (χ2v) is 5.58. The van der Waals surface area contributed by atoms with Crippen molar-refractivity contribution in [3.8, 4) is 5.75 Å². The third-order valence-electron chi connectivity index (χ3n) is 3.17. The van der Waals surface area contributed by atoms with Crippen LogP contribution in [0.1, 0.15) is 17.4 Å². The first-order chi connectivity index (χ1) is 10.2. The molecule has 4 nitrogen and oxygen atoms in total. The zero-order valence-corrected chi connectivity index (χ0v) is 13.1. The largest absolute Gasteiger partial charge is 0.495 e. The number of hydrogen-bond acceptors (Lipinski definition) is 4. The SMILES string of the molecule is CCc1ccsc1CNCC(=O)Nc1ccccc1OC. The van der Waals surface area contributed by atoms with Crippen molar-refractivity contribution in [2.45, 2.75) is 19.9 Å². The topological polar surface area (TPSA) is 50.4 Å². The Bertz CT molecular complexity index is 595. The molecule has 0 saturated carbocycles. The van der Waals surface area contributed by atoms with Gasteiger partial charge in [-0.2, -0.15) is 0 Å². The summed E-state index contributed by atoms with van der Waals surface area (Å²) in [5.74, 6) is 0.589. The fraction of sp³-hybridized carbons (Fsp3) is 0.312. The van der Waals surface area contributed by atoms with Crippen LogP contribution in [0.3, 0.4) is 0 Å². The quantitative estimate of drug-likeness (QED) is 0.826. The minimum atomic E-state index is -0.0749. The van der Waals surface area contributed by atoms with Gasteiger partial charge in [-0.3, -0.25) is 4.79 Å². The minimum Gasteiger partial charge on any atom is -0.495 e. The molecule has 2 rings (SSSR count). The maximum Gasteiger partial charge on any atom is 0.238 e. The smallest absolute Gasteiger partial charge is 0.238 e. The second kappa shape index (κ2) is 7.81. The fourth-order valence-electron chi connectivity index (χ4n) is 2.07. The van der Waals surface area contributed by atoms with Crippen LogP contribution in [-0.4, -0.2) is 19.6 Å². The Morgan fingerprint density at radius 3 is 2.86 bits per heavy atom. The number of anilines is 1. The standard InChI is InChI=1S/C16H20N2O2S/c1-3-12-8-9-21-15(12)10-17-11-16(19)18-13-6-4-5-7-14(13)20-2/h4-9,17H,3,10-11H2,1-2H3,(H,18,19). The monoisotopic (exact) mass is 304 g/mol. The van der Waals surface area contributed by atoms with Crippen molar-refractivity contribution in [3.63, 3.8) is 0 Å². The molecule has 0 saturated heterocycles. The predicted octanol–water partition coefficient (Wildman–Crippen LogP) is 3.05. The van der Waals surface area contributed by atoms with Crippen LogP contribution >= 0.6 is 11.3 Å². The van der Waals surface area contributed by atoms with Crippen molar-refractivity contribution in [2.24, 2.45) is 0 Å². The molecule has 0 spiro atoms. The summed E-state index contributed by atoms with van der Waals surface area (Å²) < 4.78 is 5.21. The normalized spacial score (nSPS) is 10.4. The van der Waals surface area contributed by atoms with Gasteiger partial charge >= 0.3 is 0 Å². The van der Waals surface area contributed by atoms with Crippen molar-refractivity contribution in [1.82, 2.24) is 5.32 Å². The summed E-state index contributed by atoms with van der Waals surface area (Å²) in [6.45, 7) is 3.14. The number of ether oxygens (including phenoxy) is 1. The molecule has 112 valence electrons. The molecule has 1 aromatic heterocycles. The number of carbonyl (C=O) groups is 1. The number of thiophene rings is 1. The maximum atomic E-state index is 11.9. The highest BCUT2D eigenvalue weighted by atomic mass is 32.1. The molecule has 1 aromatic carbocycles. The molecule has 0 fully saturated rings. The first-order valence-electron chi connectivity index (χ1n) is 6.93. The van der Waals surface area contributed by atoms with Gasteiger partial charge < -0.3 is 15.4 Å². The van der Waals surface area contributed by atoms with Crippen LogP contribution < -0.4 is 15.4 Å². The molecule has 0 unspecified atom stereocenters. The van der Waals surface area contributed by atoms with E-state index in [1.54, 1.807) is 18.4 Å². The Hall–Kier alpha value is -1.85. The number of methoxy groups -OCH3 is 1. The highest BCUT2D eigenvalue weighted by molar-refractivity contribution is 7.10.